The fourth-order valence-electron chi connectivity index (χ4n) is 5.05. The number of H-pyrrole nitrogens is 1. The first-order valence-corrected chi connectivity index (χ1v) is 12.2. The van der Waals surface area contributed by atoms with Gasteiger partial charge in [0.2, 0.25) is 11.8 Å². The molecule has 3 aromatic rings. The van der Waals surface area contributed by atoms with E-state index in [9.17, 15) is 14.7 Å². The summed E-state index contributed by atoms with van der Waals surface area (Å²) in [6, 6.07) is 15.1. The molecule has 1 aromatic heterocycles. The van der Waals surface area contributed by atoms with Crippen molar-refractivity contribution in [1.82, 2.24) is 15.1 Å². The Bertz CT molecular complexity index is 1270. The Morgan fingerprint density at radius 1 is 1.11 bits per heavy atom. The van der Waals surface area contributed by atoms with Gasteiger partial charge < -0.3 is 24.4 Å². The average Bonchev–Trinajstić information content (AvgIpc) is 3.55. The Morgan fingerprint density at radius 2 is 1.84 bits per heavy atom. The van der Waals surface area contributed by atoms with Gasteiger partial charge in [0.1, 0.15) is 11.4 Å². The monoisotopic (exact) mass is 505 g/mol. The van der Waals surface area contributed by atoms with Crippen LogP contribution in [0.5, 0.6) is 11.6 Å². The van der Waals surface area contributed by atoms with E-state index >= 15 is 0 Å². The summed E-state index contributed by atoms with van der Waals surface area (Å²) in [5, 5.41) is 16.8. The number of benzene rings is 2. The standard InChI is InChI=1S/C27H31N5O5/c1-30(23(34)16-31-13-12-20(33)14-31)18-6-8-19(9-7-18)32-15-22(17-4-10-21(36-2)11-5-17)24-25(27(32)35)28-29-26(24)37-3/h4-11,20,22,33H,12-16H2,1-3H3,(H,28,29). The van der Waals surface area contributed by atoms with E-state index in [-0.39, 0.29) is 30.4 Å². The Hall–Kier alpha value is -3.89. The van der Waals surface area contributed by atoms with Crippen LogP contribution in [-0.4, -0.2) is 85.6 Å². The van der Waals surface area contributed by atoms with Crippen molar-refractivity contribution < 1.29 is 24.2 Å². The van der Waals surface area contributed by atoms with Crippen molar-refractivity contribution in [2.75, 3.05) is 57.2 Å². The van der Waals surface area contributed by atoms with Gasteiger partial charge in [0, 0.05) is 44.0 Å². The van der Waals surface area contributed by atoms with E-state index in [2.05, 4.69) is 10.2 Å². The molecule has 2 unspecified atom stereocenters. The minimum atomic E-state index is -0.364. The molecule has 1 fully saturated rings. The maximum Gasteiger partial charge on any atom is 0.276 e. The lowest BCUT2D eigenvalue weighted by atomic mass is 9.87. The molecule has 10 nitrogen and oxygen atoms in total. The molecular weight excluding hydrogens is 474 g/mol. The Labute approximate surface area is 215 Å². The van der Waals surface area contributed by atoms with Gasteiger partial charge in [0.15, 0.2) is 0 Å². The quantitative estimate of drug-likeness (QED) is 0.507. The van der Waals surface area contributed by atoms with Gasteiger partial charge in [-0.15, -0.1) is 5.10 Å². The van der Waals surface area contributed by atoms with Crippen molar-refractivity contribution >= 4 is 23.2 Å². The molecule has 0 bridgehead atoms. The zero-order valence-corrected chi connectivity index (χ0v) is 21.2. The molecule has 3 heterocycles. The number of methoxy groups -OCH3 is 2. The molecule has 2 amide bonds. The molecular formula is C27H31N5O5. The van der Waals surface area contributed by atoms with Crippen LogP contribution in [0.1, 0.15) is 34.0 Å². The van der Waals surface area contributed by atoms with E-state index in [1.807, 2.05) is 53.4 Å². The van der Waals surface area contributed by atoms with E-state index < -0.39 is 0 Å². The third-order valence-corrected chi connectivity index (χ3v) is 7.18. The fraction of sp³-hybridized carbons (Fsp3) is 0.370. The molecule has 2 aliphatic heterocycles. The zero-order valence-electron chi connectivity index (χ0n) is 21.2. The average molecular weight is 506 g/mol. The number of anilines is 2. The first kappa shape index (κ1) is 24.8. The third kappa shape index (κ3) is 4.77. The number of aromatic nitrogens is 2. The largest absolute Gasteiger partial charge is 0.497 e. The van der Waals surface area contributed by atoms with Crippen molar-refractivity contribution in [2.24, 2.45) is 0 Å². The van der Waals surface area contributed by atoms with Crippen LogP contribution in [0.25, 0.3) is 0 Å². The topological polar surface area (TPSA) is 111 Å². The van der Waals surface area contributed by atoms with Crippen molar-refractivity contribution in [3.05, 3.63) is 65.4 Å². The summed E-state index contributed by atoms with van der Waals surface area (Å²) in [5.41, 5.74) is 3.59. The highest BCUT2D eigenvalue weighted by Gasteiger charge is 2.38. The summed E-state index contributed by atoms with van der Waals surface area (Å²) in [5.74, 6) is 0.754. The van der Waals surface area contributed by atoms with Crippen molar-refractivity contribution in [2.45, 2.75) is 18.4 Å². The molecule has 0 saturated carbocycles. The van der Waals surface area contributed by atoms with Crippen molar-refractivity contribution in [3.8, 4) is 11.6 Å². The molecule has 0 spiro atoms. The van der Waals surface area contributed by atoms with Gasteiger partial charge in [0.25, 0.3) is 5.91 Å². The van der Waals surface area contributed by atoms with Crippen LogP contribution < -0.4 is 19.3 Å². The van der Waals surface area contributed by atoms with Gasteiger partial charge in [-0.25, -0.2) is 0 Å². The number of aliphatic hydroxyl groups is 1. The molecule has 2 aliphatic rings. The van der Waals surface area contributed by atoms with E-state index in [0.717, 1.165) is 28.3 Å². The number of likely N-dealkylation sites (tertiary alicyclic amines) is 1. The first-order valence-electron chi connectivity index (χ1n) is 12.2. The van der Waals surface area contributed by atoms with Crippen LogP contribution in [0.2, 0.25) is 0 Å². The second-order valence-electron chi connectivity index (χ2n) is 9.41. The molecule has 10 heteroatoms. The number of β-amino-alcohol motifs (C(OH)–C–C–N with tert-alkyl or cyclic N) is 1. The lowest BCUT2D eigenvalue weighted by Crippen LogP contribution is -2.40. The summed E-state index contributed by atoms with van der Waals surface area (Å²) >= 11 is 0. The number of ether oxygens (including phenoxy) is 2. The number of amides is 2. The highest BCUT2D eigenvalue weighted by atomic mass is 16.5. The highest BCUT2D eigenvalue weighted by molar-refractivity contribution is 6.08. The van der Waals surface area contributed by atoms with E-state index in [1.54, 1.807) is 31.1 Å². The van der Waals surface area contributed by atoms with E-state index in [1.165, 1.54) is 0 Å². The van der Waals surface area contributed by atoms with E-state index in [0.29, 0.717) is 37.6 Å². The molecule has 0 aliphatic carbocycles. The van der Waals surface area contributed by atoms with Gasteiger partial charge in [0.05, 0.1) is 32.4 Å². The molecule has 5 rings (SSSR count). The summed E-state index contributed by atoms with van der Waals surface area (Å²) < 4.78 is 10.8. The van der Waals surface area contributed by atoms with Gasteiger partial charge in [-0.1, -0.05) is 12.1 Å². The van der Waals surface area contributed by atoms with Crippen LogP contribution in [0.4, 0.5) is 11.4 Å². The Balaban J connectivity index is 1.38. The molecule has 37 heavy (non-hydrogen) atoms. The second kappa shape index (κ2) is 10.2. The first-order chi connectivity index (χ1) is 17.9. The number of hydrogen-bond acceptors (Lipinski definition) is 7. The molecule has 0 radical (unpaired) electrons. The van der Waals surface area contributed by atoms with Gasteiger partial charge in [-0.05, 0) is 48.4 Å². The Morgan fingerprint density at radius 3 is 2.46 bits per heavy atom. The van der Waals surface area contributed by atoms with Crippen molar-refractivity contribution in [3.63, 3.8) is 0 Å². The van der Waals surface area contributed by atoms with Crippen LogP contribution in [0.3, 0.4) is 0 Å². The number of likely N-dealkylation sites (N-methyl/N-ethyl adjacent to an activating group) is 1. The number of hydrogen-bond donors (Lipinski definition) is 2. The normalized spacial score (nSPS) is 19.6. The predicted molar refractivity (Wildman–Crippen MR) is 139 cm³/mol. The number of fused-ring (bicyclic) bond motifs is 1. The smallest absolute Gasteiger partial charge is 0.276 e. The maximum atomic E-state index is 13.5. The summed E-state index contributed by atoms with van der Waals surface area (Å²) in [7, 11) is 4.90. The predicted octanol–water partition coefficient (Wildman–Crippen LogP) is 2.25. The SMILES string of the molecule is COc1ccc(C2CN(c3ccc(N(C)C(=O)CN4CCC(O)C4)cc3)C(=O)c3[nH]nc(OC)c32)cc1. The number of rotatable bonds is 7. The van der Waals surface area contributed by atoms with Gasteiger partial charge >= 0.3 is 0 Å². The summed E-state index contributed by atoms with van der Waals surface area (Å²) in [4.78, 5) is 31.5. The molecule has 2 atom stereocenters. The summed E-state index contributed by atoms with van der Waals surface area (Å²) in [6.07, 6.45) is 0.327. The zero-order chi connectivity index (χ0) is 26.1. The van der Waals surface area contributed by atoms with Crippen molar-refractivity contribution in [1.29, 1.82) is 0 Å². The summed E-state index contributed by atoms with van der Waals surface area (Å²) in [6.45, 7) is 1.89. The maximum absolute atomic E-state index is 13.5. The molecule has 2 N–H and O–H groups in total. The lowest BCUT2D eigenvalue weighted by Gasteiger charge is -2.33. The third-order valence-electron chi connectivity index (χ3n) is 7.18. The Kier molecular flexibility index (Phi) is 6.86. The van der Waals surface area contributed by atoms with Gasteiger partial charge in [-0.2, -0.15) is 0 Å². The van der Waals surface area contributed by atoms with Crippen LogP contribution in [0, 0.1) is 0 Å². The number of carbonyl (C=O) groups is 2. The van der Waals surface area contributed by atoms with Crippen LogP contribution in [-0.2, 0) is 4.79 Å². The molecule has 2 aromatic carbocycles. The highest BCUT2D eigenvalue weighted by Crippen LogP contribution is 2.40. The number of aromatic amines is 1. The number of aliphatic hydroxyl groups excluding tert-OH is 1. The number of nitrogens with zero attached hydrogens (tertiary/aromatic N) is 4. The number of nitrogens with one attached hydrogen (secondary N) is 1. The molecule has 194 valence electrons. The van der Waals surface area contributed by atoms with Crippen LogP contribution in [0.15, 0.2) is 48.5 Å². The number of carbonyl (C=O) groups excluding carboxylic acids is 2. The minimum Gasteiger partial charge on any atom is -0.497 e. The fourth-order valence-corrected chi connectivity index (χ4v) is 5.05. The van der Waals surface area contributed by atoms with Gasteiger partial charge in [-0.3, -0.25) is 19.6 Å². The molecule has 1 saturated heterocycles. The second-order valence-corrected chi connectivity index (χ2v) is 9.41. The van der Waals surface area contributed by atoms with E-state index in [4.69, 9.17) is 9.47 Å². The minimum absolute atomic E-state index is 0.0512. The lowest BCUT2D eigenvalue weighted by molar-refractivity contribution is -0.119. The van der Waals surface area contributed by atoms with Crippen LogP contribution >= 0.6 is 0 Å².